The first-order valence-electron chi connectivity index (χ1n) is 6.47. The Kier molecular flexibility index (Phi) is 6.83. The molecule has 2 N–H and O–H groups in total. The van der Waals surface area contributed by atoms with Crippen LogP contribution in [-0.4, -0.2) is 41.9 Å². The molecule has 0 atom stereocenters. The number of carbonyl (C=O) groups excluding carboxylic acids is 2. The predicted octanol–water partition coefficient (Wildman–Crippen LogP) is 2.92. The molecule has 0 heterocycles. The van der Waals surface area contributed by atoms with Crippen LogP contribution in [0, 0.1) is 10.3 Å². The summed E-state index contributed by atoms with van der Waals surface area (Å²) in [7, 11) is 0. The standard InChI is InChI=1S/C13H12ClF3N4O3/c14-9-3-1-8(2-4-9)11(18)21(6-5-13(15,16)17)12(23)19-7-10(22)20-24/h1-4,18H,5-7H2,(H,19,23). The molecular formula is C13H12ClF3N4O3. The van der Waals surface area contributed by atoms with Crippen molar-refractivity contribution in [1.29, 1.82) is 5.41 Å². The second kappa shape index (κ2) is 8.39. The first-order chi connectivity index (χ1) is 11.1. The minimum atomic E-state index is -4.54. The van der Waals surface area contributed by atoms with E-state index in [9.17, 15) is 27.7 Å². The number of hydrogen-bond donors (Lipinski definition) is 2. The zero-order chi connectivity index (χ0) is 18.3. The van der Waals surface area contributed by atoms with Crippen LogP contribution >= 0.6 is 11.6 Å². The summed E-state index contributed by atoms with van der Waals surface area (Å²) in [5.41, 5.74) is 0.150. The van der Waals surface area contributed by atoms with Crippen LogP contribution < -0.4 is 5.32 Å². The van der Waals surface area contributed by atoms with E-state index in [1.165, 1.54) is 24.3 Å². The number of hydrogen-bond acceptors (Lipinski definition) is 4. The van der Waals surface area contributed by atoms with Crippen LogP contribution in [0.1, 0.15) is 12.0 Å². The fraction of sp³-hybridized carbons (Fsp3) is 0.308. The Hall–Kier alpha value is -2.49. The molecule has 0 fully saturated rings. The van der Waals surface area contributed by atoms with Crippen molar-refractivity contribution < 1.29 is 22.8 Å². The molecule has 0 bridgehead atoms. The maximum Gasteiger partial charge on any atom is 0.390 e. The summed E-state index contributed by atoms with van der Waals surface area (Å²) in [6, 6.07) is 4.40. The highest BCUT2D eigenvalue weighted by atomic mass is 35.5. The van der Waals surface area contributed by atoms with E-state index in [0.29, 0.717) is 9.92 Å². The highest BCUT2D eigenvalue weighted by Gasteiger charge is 2.30. The van der Waals surface area contributed by atoms with Crippen molar-refractivity contribution in [3.8, 4) is 0 Å². The van der Waals surface area contributed by atoms with Crippen molar-refractivity contribution in [2.24, 2.45) is 5.18 Å². The molecule has 3 amide bonds. The molecule has 0 saturated heterocycles. The zero-order valence-electron chi connectivity index (χ0n) is 12.1. The van der Waals surface area contributed by atoms with Crippen LogP contribution in [-0.2, 0) is 4.79 Å². The van der Waals surface area contributed by atoms with Gasteiger partial charge in [-0.15, -0.1) is 4.91 Å². The number of carbonyl (C=O) groups is 2. The number of nitroso groups, excluding NO2 is 1. The van der Waals surface area contributed by atoms with Crippen molar-refractivity contribution in [3.05, 3.63) is 39.8 Å². The third-order valence-corrected chi connectivity index (χ3v) is 3.00. The van der Waals surface area contributed by atoms with E-state index in [2.05, 4.69) is 0 Å². The second-order valence-electron chi connectivity index (χ2n) is 4.52. The van der Waals surface area contributed by atoms with E-state index >= 15 is 0 Å². The molecule has 11 heteroatoms. The molecule has 1 rings (SSSR count). The Bertz CT molecular complexity index is 634. The van der Waals surface area contributed by atoms with Crippen LogP contribution in [0.5, 0.6) is 0 Å². The molecule has 7 nitrogen and oxygen atoms in total. The maximum atomic E-state index is 12.4. The smallest absolute Gasteiger partial charge is 0.328 e. The maximum absolute atomic E-state index is 12.4. The number of benzene rings is 1. The van der Waals surface area contributed by atoms with Gasteiger partial charge in [-0.3, -0.25) is 15.1 Å². The molecule has 1 aromatic rings. The number of halogens is 4. The molecule has 0 aromatic heterocycles. The number of amidine groups is 1. The molecule has 0 aliphatic carbocycles. The average Bonchev–Trinajstić information content (AvgIpc) is 2.52. The van der Waals surface area contributed by atoms with Gasteiger partial charge >= 0.3 is 18.1 Å². The van der Waals surface area contributed by atoms with Crippen molar-refractivity contribution >= 4 is 29.4 Å². The largest absolute Gasteiger partial charge is 0.390 e. The van der Waals surface area contributed by atoms with Crippen LogP contribution in [0.15, 0.2) is 29.4 Å². The molecule has 1 aromatic carbocycles. The molecule has 24 heavy (non-hydrogen) atoms. The van der Waals surface area contributed by atoms with E-state index in [4.69, 9.17) is 17.0 Å². The Morgan fingerprint density at radius 1 is 1.25 bits per heavy atom. The van der Waals surface area contributed by atoms with Gasteiger partial charge in [0.25, 0.3) is 0 Å². The highest BCUT2D eigenvalue weighted by Crippen LogP contribution is 2.21. The van der Waals surface area contributed by atoms with Crippen LogP contribution in [0.4, 0.5) is 18.0 Å². The predicted molar refractivity (Wildman–Crippen MR) is 79.9 cm³/mol. The average molecular weight is 365 g/mol. The lowest BCUT2D eigenvalue weighted by Gasteiger charge is -2.24. The van der Waals surface area contributed by atoms with Gasteiger partial charge in [-0.1, -0.05) is 11.6 Å². The van der Waals surface area contributed by atoms with E-state index in [-0.39, 0.29) is 5.56 Å². The van der Waals surface area contributed by atoms with Crippen LogP contribution in [0.25, 0.3) is 0 Å². The molecule has 0 spiro atoms. The molecule has 0 unspecified atom stereocenters. The van der Waals surface area contributed by atoms with E-state index in [1.807, 2.05) is 10.5 Å². The van der Waals surface area contributed by atoms with Gasteiger partial charge in [0.05, 0.1) is 6.42 Å². The zero-order valence-corrected chi connectivity index (χ0v) is 12.8. The quantitative estimate of drug-likeness (QED) is 0.477. The number of nitrogens with one attached hydrogen (secondary N) is 2. The second-order valence-corrected chi connectivity index (χ2v) is 4.95. The minimum Gasteiger partial charge on any atom is -0.328 e. The Balaban J connectivity index is 2.92. The number of nitrogens with zero attached hydrogens (tertiary/aromatic N) is 2. The third kappa shape index (κ3) is 6.32. The fourth-order valence-corrected chi connectivity index (χ4v) is 1.72. The fourth-order valence-electron chi connectivity index (χ4n) is 1.60. The lowest BCUT2D eigenvalue weighted by molar-refractivity contribution is -0.135. The van der Waals surface area contributed by atoms with Crippen LogP contribution in [0.2, 0.25) is 5.02 Å². The normalized spacial score (nSPS) is 10.8. The van der Waals surface area contributed by atoms with Gasteiger partial charge in [-0.25, -0.2) is 4.79 Å². The minimum absolute atomic E-state index is 0.150. The van der Waals surface area contributed by atoms with Crippen molar-refractivity contribution in [2.75, 3.05) is 13.1 Å². The van der Waals surface area contributed by atoms with Crippen LogP contribution in [0.3, 0.4) is 0 Å². The van der Waals surface area contributed by atoms with E-state index < -0.39 is 43.5 Å². The summed E-state index contributed by atoms with van der Waals surface area (Å²) in [6.07, 6.45) is -5.89. The van der Waals surface area contributed by atoms with Gasteiger partial charge in [0, 0.05) is 22.3 Å². The monoisotopic (exact) mass is 364 g/mol. The summed E-state index contributed by atoms with van der Waals surface area (Å²) < 4.78 is 37.2. The SMILES string of the molecule is N=C(c1ccc(Cl)cc1)N(CCC(F)(F)F)C(=O)NCC(=O)N=O. The van der Waals surface area contributed by atoms with E-state index in [1.54, 1.807) is 0 Å². The lowest BCUT2D eigenvalue weighted by Crippen LogP contribution is -2.46. The van der Waals surface area contributed by atoms with Gasteiger partial charge in [-0.2, -0.15) is 13.2 Å². The number of alkyl halides is 3. The summed E-state index contributed by atoms with van der Waals surface area (Å²) >= 11 is 5.69. The Morgan fingerprint density at radius 2 is 1.83 bits per heavy atom. The van der Waals surface area contributed by atoms with Gasteiger partial charge in [0.15, 0.2) is 0 Å². The molecule has 130 valence electrons. The van der Waals surface area contributed by atoms with Gasteiger partial charge in [0.2, 0.25) is 0 Å². The summed E-state index contributed by atoms with van der Waals surface area (Å²) in [5.74, 6) is -1.71. The number of amides is 3. The summed E-state index contributed by atoms with van der Waals surface area (Å²) in [6.45, 7) is -1.61. The van der Waals surface area contributed by atoms with Gasteiger partial charge in [0.1, 0.15) is 12.4 Å². The lowest BCUT2D eigenvalue weighted by atomic mass is 10.2. The van der Waals surface area contributed by atoms with Gasteiger partial charge < -0.3 is 5.32 Å². The Labute approximate surface area is 139 Å². The first-order valence-corrected chi connectivity index (χ1v) is 6.84. The highest BCUT2D eigenvalue weighted by molar-refractivity contribution is 6.30. The van der Waals surface area contributed by atoms with Gasteiger partial charge in [-0.05, 0) is 24.3 Å². The number of rotatable bonds is 5. The Morgan fingerprint density at radius 3 is 2.33 bits per heavy atom. The van der Waals surface area contributed by atoms with Crippen molar-refractivity contribution in [1.82, 2.24) is 10.2 Å². The molecular weight excluding hydrogens is 353 g/mol. The topological polar surface area (TPSA) is 103 Å². The molecule has 0 saturated carbocycles. The molecule has 0 aliphatic heterocycles. The van der Waals surface area contributed by atoms with Crippen molar-refractivity contribution in [2.45, 2.75) is 12.6 Å². The summed E-state index contributed by atoms with van der Waals surface area (Å²) in [5, 5.41) is 12.2. The first kappa shape index (κ1) is 19.6. The molecule has 0 aliphatic rings. The summed E-state index contributed by atoms with van der Waals surface area (Å²) in [4.78, 5) is 33.2. The third-order valence-electron chi connectivity index (χ3n) is 2.74. The molecule has 0 radical (unpaired) electrons. The van der Waals surface area contributed by atoms with E-state index in [0.717, 1.165) is 0 Å². The number of urea groups is 1. The van der Waals surface area contributed by atoms with Crippen molar-refractivity contribution in [3.63, 3.8) is 0 Å².